The second kappa shape index (κ2) is 10.5. The molecule has 7 atom stereocenters. The van der Waals surface area contributed by atoms with Gasteiger partial charge in [0, 0.05) is 17.5 Å². The van der Waals surface area contributed by atoms with Gasteiger partial charge in [0.2, 0.25) is 0 Å². The fourth-order valence-corrected chi connectivity index (χ4v) is 5.19. The Hall–Kier alpha value is -1.78. The molecule has 1 aliphatic heterocycles. The summed E-state index contributed by atoms with van der Waals surface area (Å²) in [6.07, 6.45) is -4.56. The highest BCUT2D eigenvalue weighted by Crippen LogP contribution is 2.46. The topological polar surface area (TPSA) is 109 Å². The van der Waals surface area contributed by atoms with Crippen molar-refractivity contribution in [1.29, 1.82) is 0 Å². The van der Waals surface area contributed by atoms with Crippen LogP contribution in [0.1, 0.15) is 28.2 Å². The number of ether oxygens (including phenoxy) is 3. The van der Waals surface area contributed by atoms with E-state index in [-0.39, 0.29) is 43.3 Å². The molecule has 0 bridgehead atoms. The second-order valence-corrected chi connectivity index (χ2v) is 9.47. The van der Waals surface area contributed by atoms with Crippen LogP contribution in [0.5, 0.6) is 5.75 Å². The zero-order valence-electron chi connectivity index (χ0n) is 19.0. The van der Waals surface area contributed by atoms with Crippen LogP contribution in [0.25, 0.3) is 0 Å². The van der Waals surface area contributed by atoms with Gasteiger partial charge in [-0.3, -0.25) is 0 Å². The summed E-state index contributed by atoms with van der Waals surface area (Å²) in [5, 5.41) is 40.8. The third-order valence-corrected chi connectivity index (χ3v) is 7.35. The highest BCUT2D eigenvalue weighted by Gasteiger charge is 2.42. The molecule has 7 nitrogen and oxygen atoms in total. The molecule has 0 unspecified atom stereocenters. The molecule has 9 heteroatoms. The van der Waals surface area contributed by atoms with Crippen LogP contribution in [-0.4, -0.2) is 72.0 Å². The Kier molecular flexibility index (Phi) is 7.79. The van der Waals surface area contributed by atoms with Gasteiger partial charge in [-0.25, -0.2) is 4.39 Å². The number of halogens is 2. The predicted molar refractivity (Wildman–Crippen MR) is 122 cm³/mol. The minimum atomic E-state index is -1.42. The van der Waals surface area contributed by atoms with Crippen molar-refractivity contribution in [3.63, 3.8) is 0 Å². The molecule has 1 heterocycles. The fourth-order valence-electron chi connectivity index (χ4n) is 5.02. The molecule has 0 aromatic heterocycles. The highest BCUT2D eigenvalue weighted by molar-refractivity contribution is 6.31. The number of hydrogen-bond acceptors (Lipinski definition) is 7. The van der Waals surface area contributed by atoms with E-state index in [2.05, 4.69) is 0 Å². The number of methoxy groups -OCH3 is 1. The maximum absolute atomic E-state index is 14.2. The summed E-state index contributed by atoms with van der Waals surface area (Å²) >= 11 is 6.48. The molecule has 34 heavy (non-hydrogen) atoms. The Labute approximate surface area is 202 Å². The van der Waals surface area contributed by atoms with Gasteiger partial charge >= 0.3 is 0 Å². The first kappa shape index (κ1) is 25.3. The van der Waals surface area contributed by atoms with Gasteiger partial charge < -0.3 is 34.6 Å². The molecular weight excluding hydrogens is 467 g/mol. The Bertz CT molecular complexity index is 1020. The smallest absolute Gasteiger partial charge is 0.186 e. The van der Waals surface area contributed by atoms with Crippen molar-refractivity contribution in [3.05, 3.63) is 63.4 Å². The standard InChI is InChI=1S/C25H30ClFO7/c1-12-5-14-6-15(9-28)17(10-33-25-24(31)23(30)20(29)11-34-25)22(16(14)8-18(12)26)13-3-4-19(27)21(7-13)32-2/h3-5,7-8,15,17,20,22-25,28-31H,6,9-11H2,1-2H3/t15-,17-,20-,22-,23+,24-,25-/m1/s1. The Morgan fingerprint density at radius 2 is 1.91 bits per heavy atom. The lowest BCUT2D eigenvalue weighted by Crippen LogP contribution is -2.54. The van der Waals surface area contributed by atoms with E-state index in [4.69, 9.17) is 25.8 Å². The molecule has 0 radical (unpaired) electrons. The maximum atomic E-state index is 14.2. The molecular formula is C25H30ClFO7. The van der Waals surface area contributed by atoms with Crippen molar-refractivity contribution >= 4 is 11.6 Å². The second-order valence-electron chi connectivity index (χ2n) is 9.07. The SMILES string of the molecule is COc1cc([C@@H]2c3cc(Cl)c(C)cc3C[C@H](CO)[C@H]2CO[C@@H]2OC[C@@H](O)[C@H](O)[C@H]2O)ccc1F. The van der Waals surface area contributed by atoms with Crippen LogP contribution < -0.4 is 4.74 Å². The number of benzene rings is 2. The molecule has 2 aliphatic rings. The van der Waals surface area contributed by atoms with E-state index in [1.807, 2.05) is 19.1 Å². The molecule has 1 fully saturated rings. The fraction of sp³-hybridized carbons (Fsp3) is 0.520. The van der Waals surface area contributed by atoms with Crippen LogP contribution in [0, 0.1) is 24.6 Å². The summed E-state index contributed by atoms with van der Waals surface area (Å²) < 4.78 is 30.7. The molecule has 2 aromatic carbocycles. The van der Waals surface area contributed by atoms with E-state index < -0.39 is 30.4 Å². The number of fused-ring (bicyclic) bond motifs is 1. The third kappa shape index (κ3) is 4.81. The lowest BCUT2D eigenvalue weighted by molar-refractivity contribution is -0.274. The minimum Gasteiger partial charge on any atom is -0.494 e. The van der Waals surface area contributed by atoms with Gasteiger partial charge in [-0.15, -0.1) is 0 Å². The lowest BCUT2D eigenvalue weighted by Gasteiger charge is -2.41. The number of aryl methyl sites for hydroxylation is 1. The Morgan fingerprint density at radius 1 is 1.15 bits per heavy atom. The van der Waals surface area contributed by atoms with Crippen molar-refractivity contribution in [2.45, 2.75) is 43.9 Å². The average molecular weight is 497 g/mol. The molecule has 186 valence electrons. The van der Waals surface area contributed by atoms with Crippen LogP contribution in [0.3, 0.4) is 0 Å². The van der Waals surface area contributed by atoms with Crippen LogP contribution in [-0.2, 0) is 15.9 Å². The van der Waals surface area contributed by atoms with Crippen molar-refractivity contribution in [2.75, 3.05) is 26.9 Å². The lowest BCUT2D eigenvalue weighted by atomic mass is 9.66. The molecule has 0 spiro atoms. The van der Waals surface area contributed by atoms with Gasteiger partial charge in [0.25, 0.3) is 0 Å². The van der Waals surface area contributed by atoms with Crippen LogP contribution in [0.4, 0.5) is 4.39 Å². The van der Waals surface area contributed by atoms with Crippen molar-refractivity contribution in [2.24, 2.45) is 11.8 Å². The summed E-state index contributed by atoms with van der Waals surface area (Å²) in [6, 6.07) is 8.57. The normalized spacial score (nSPS) is 31.2. The minimum absolute atomic E-state index is 0.0745. The molecule has 2 aromatic rings. The first-order valence-electron chi connectivity index (χ1n) is 11.3. The number of rotatable bonds is 6. The predicted octanol–water partition coefficient (Wildman–Crippen LogP) is 2.16. The maximum Gasteiger partial charge on any atom is 0.186 e. The van der Waals surface area contributed by atoms with Gasteiger partial charge in [0.15, 0.2) is 17.9 Å². The molecule has 1 saturated heterocycles. The van der Waals surface area contributed by atoms with Gasteiger partial charge in [-0.05, 0) is 65.6 Å². The quantitative estimate of drug-likeness (QED) is 0.485. The number of hydrogen-bond donors (Lipinski definition) is 4. The summed E-state index contributed by atoms with van der Waals surface area (Å²) in [4.78, 5) is 0. The van der Waals surface area contributed by atoms with Gasteiger partial charge in [0.1, 0.15) is 18.3 Å². The largest absolute Gasteiger partial charge is 0.494 e. The van der Waals surface area contributed by atoms with E-state index >= 15 is 0 Å². The zero-order valence-corrected chi connectivity index (χ0v) is 19.8. The Morgan fingerprint density at radius 3 is 2.62 bits per heavy atom. The van der Waals surface area contributed by atoms with Crippen molar-refractivity contribution < 1.29 is 39.0 Å². The Balaban J connectivity index is 1.72. The van der Waals surface area contributed by atoms with Crippen LogP contribution in [0.15, 0.2) is 30.3 Å². The zero-order chi connectivity index (χ0) is 24.6. The number of aliphatic hydroxyl groups excluding tert-OH is 4. The molecule has 4 N–H and O–H groups in total. The molecule has 0 saturated carbocycles. The van der Waals surface area contributed by atoms with Gasteiger partial charge in [0.05, 0.1) is 20.3 Å². The van der Waals surface area contributed by atoms with Crippen LogP contribution >= 0.6 is 11.6 Å². The molecule has 4 rings (SSSR count). The van der Waals surface area contributed by atoms with Gasteiger partial charge in [-0.1, -0.05) is 23.7 Å². The highest BCUT2D eigenvalue weighted by atomic mass is 35.5. The van der Waals surface area contributed by atoms with Crippen LogP contribution in [0.2, 0.25) is 5.02 Å². The third-order valence-electron chi connectivity index (χ3n) is 6.95. The summed E-state index contributed by atoms with van der Waals surface area (Å²) in [6.45, 7) is 1.71. The van der Waals surface area contributed by atoms with E-state index in [1.54, 1.807) is 12.1 Å². The number of aliphatic hydroxyl groups is 4. The van der Waals surface area contributed by atoms with Crippen molar-refractivity contribution in [3.8, 4) is 5.75 Å². The summed E-state index contributed by atoms with van der Waals surface area (Å²) in [5.74, 6) is -1.19. The molecule has 1 aliphatic carbocycles. The van der Waals surface area contributed by atoms with E-state index in [9.17, 15) is 24.8 Å². The first-order valence-corrected chi connectivity index (χ1v) is 11.6. The van der Waals surface area contributed by atoms with Crippen molar-refractivity contribution in [1.82, 2.24) is 0 Å². The monoisotopic (exact) mass is 496 g/mol. The van der Waals surface area contributed by atoms with E-state index in [0.717, 1.165) is 22.3 Å². The average Bonchev–Trinajstić information content (AvgIpc) is 2.83. The summed E-state index contributed by atoms with van der Waals surface area (Å²) in [7, 11) is 1.40. The molecule has 0 amide bonds. The van der Waals surface area contributed by atoms with Gasteiger partial charge in [-0.2, -0.15) is 0 Å². The van der Waals surface area contributed by atoms with E-state index in [1.165, 1.54) is 13.2 Å². The van der Waals surface area contributed by atoms with E-state index in [0.29, 0.717) is 11.4 Å². The first-order chi connectivity index (χ1) is 16.2. The summed E-state index contributed by atoms with van der Waals surface area (Å²) in [5.41, 5.74) is 3.68.